The van der Waals surface area contributed by atoms with Gasteiger partial charge in [0.2, 0.25) is 0 Å². The minimum atomic E-state index is -0.256. The molecule has 0 saturated carbocycles. The Balaban J connectivity index is 1.45. The van der Waals surface area contributed by atoms with E-state index in [0.29, 0.717) is 12.3 Å². The molecule has 4 nitrogen and oxygen atoms in total. The second-order valence-electron chi connectivity index (χ2n) is 6.21. The molecule has 3 rings (SSSR count). The van der Waals surface area contributed by atoms with Crippen molar-refractivity contribution < 1.29 is 13.9 Å². The van der Waals surface area contributed by atoms with Crippen LogP contribution in [0.4, 0.5) is 15.8 Å². The number of carbonyl (C=O) groups excluding carboxylic acids is 1. The van der Waals surface area contributed by atoms with Gasteiger partial charge in [0.1, 0.15) is 11.6 Å². The van der Waals surface area contributed by atoms with Crippen molar-refractivity contribution in [3.05, 3.63) is 89.7 Å². The van der Waals surface area contributed by atoms with Gasteiger partial charge in [-0.05, 0) is 66.6 Å². The summed E-state index contributed by atoms with van der Waals surface area (Å²) >= 11 is 0. The molecule has 5 heteroatoms. The van der Waals surface area contributed by atoms with E-state index in [4.69, 9.17) is 4.74 Å². The van der Waals surface area contributed by atoms with Gasteiger partial charge >= 0.3 is 0 Å². The monoisotopic (exact) mass is 364 g/mol. The second kappa shape index (κ2) is 8.85. The fourth-order valence-electron chi connectivity index (χ4n) is 2.54. The standard InChI is InChI=1S/C22H21FN2O2/c1-16-3-2-4-20(13-16)25-22(26)15-27-21-11-5-17(6-12-21)14-24-19-9-7-18(23)8-10-19/h2-13,24H,14-15H2,1H3,(H,25,26). The van der Waals surface area contributed by atoms with E-state index < -0.39 is 0 Å². The molecule has 0 bridgehead atoms. The van der Waals surface area contributed by atoms with Gasteiger partial charge in [-0.25, -0.2) is 4.39 Å². The number of aryl methyl sites for hydroxylation is 1. The van der Waals surface area contributed by atoms with Crippen LogP contribution in [-0.2, 0) is 11.3 Å². The summed E-state index contributed by atoms with van der Waals surface area (Å²) < 4.78 is 18.4. The minimum absolute atomic E-state index is 0.0544. The third kappa shape index (κ3) is 5.85. The number of halogens is 1. The molecule has 3 aromatic rings. The first-order valence-electron chi connectivity index (χ1n) is 8.66. The molecule has 0 saturated heterocycles. The highest BCUT2D eigenvalue weighted by molar-refractivity contribution is 5.91. The van der Waals surface area contributed by atoms with Crippen LogP contribution in [0.25, 0.3) is 0 Å². The van der Waals surface area contributed by atoms with Gasteiger partial charge in [-0.15, -0.1) is 0 Å². The molecule has 0 heterocycles. The van der Waals surface area contributed by atoms with E-state index in [1.54, 1.807) is 12.1 Å². The molecule has 0 unspecified atom stereocenters. The van der Waals surface area contributed by atoms with Crippen molar-refractivity contribution in [1.82, 2.24) is 0 Å². The molecule has 0 atom stereocenters. The largest absolute Gasteiger partial charge is 0.484 e. The summed E-state index contributed by atoms with van der Waals surface area (Å²) in [7, 11) is 0. The number of hydrogen-bond acceptors (Lipinski definition) is 3. The summed E-state index contributed by atoms with van der Waals surface area (Å²) in [5.41, 5.74) is 3.74. The molecule has 0 aliphatic carbocycles. The van der Waals surface area contributed by atoms with Gasteiger partial charge in [-0.1, -0.05) is 24.3 Å². The third-order valence-electron chi connectivity index (χ3n) is 3.94. The molecular formula is C22H21FN2O2. The van der Waals surface area contributed by atoms with Gasteiger partial charge in [-0.2, -0.15) is 0 Å². The molecule has 0 aromatic heterocycles. The van der Waals surface area contributed by atoms with E-state index in [1.807, 2.05) is 55.5 Å². The van der Waals surface area contributed by atoms with E-state index in [-0.39, 0.29) is 18.3 Å². The zero-order valence-corrected chi connectivity index (χ0v) is 15.0. The second-order valence-corrected chi connectivity index (χ2v) is 6.21. The Bertz CT molecular complexity index is 893. The first kappa shape index (κ1) is 18.5. The smallest absolute Gasteiger partial charge is 0.262 e. The van der Waals surface area contributed by atoms with Gasteiger partial charge in [0.05, 0.1) is 0 Å². The lowest BCUT2D eigenvalue weighted by Gasteiger charge is -2.10. The van der Waals surface area contributed by atoms with Crippen LogP contribution in [0.2, 0.25) is 0 Å². The number of rotatable bonds is 7. The average molecular weight is 364 g/mol. The van der Waals surface area contributed by atoms with Crippen LogP contribution in [0, 0.1) is 12.7 Å². The van der Waals surface area contributed by atoms with E-state index in [1.165, 1.54) is 12.1 Å². The highest BCUT2D eigenvalue weighted by atomic mass is 19.1. The van der Waals surface area contributed by atoms with Gasteiger partial charge in [0.25, 0.3) is 5.91 Å². The van der Waals surface area contributed by atoms with Crippen LogP contribution in [0.15, 0.2) is 72.8 Å². The number of amides is 1. The maximum Gasteiger partial charge on any atom is 0.262 e. The van der Waals surface area contributed by atoms with Crippen molar-refractivity contribution in [3.63, 3.8) is 0 Å². The topological polar surface area (TPSA) is 50.4 Å². The molecule has 0 aliphatic heterocycles. The van der Waals surface area contributed by atoms with Crippen molar-refractivity contribution in [2.24, 2.45) is 0 Å². The van der Waals surface area contributed by atoms with Gasteiger partial charge in [0.15, 0.2) is 6.61 Å². The number of ether oxygens (including phenoxy) is 1. The van der Waals surface area contributed by atoms with E-state index in [9.17, 15) is 9.18 Å². The number of carbonyl (C=O) groups is 1. The lowest BCUT2D eigenvalue weighted by molar-refractivity contribution is -0.118. The Labute approximate surface area is 158 Å². The summed E-state index contributed by atoms with van der Waals surface area (Å²) in [6.07, 6.45) is 0. The molecule has 3 aromatic carbocycles. The van der Waals surface area contributed by atoms with Crippen LogP contribution in [0.3, 0.4) is 0 Å². The van der Waals surface area contributed by atoms with E-state index >= 15 is 0 Å². The van der Waals surface area contributed by atoms with Crippen molar-refractivity contribution >= 4 is 17.3 Å². The van der Waals surface area contributed by atoms with Crippen molar-refractivity contribution in [1.29, 1.82) is 0 Å². The molecule has 2 N–H and O–H groups in total. The van der Waals surface area contributed by atoms with Crippen LogP contribution >= 0.6 is 0 Å². The normalized spacial score (nSPS) is 10.3. The highest BCUT2D eigenvalue weighted by Crippen LogP contribution is 2.15. The predicted molar refractivity (Wildman–Crippen MR) is 105 cm³/mol. The first-order chi connectivity index (χ1) is 13.1. The Kier molecular flexibility index (Phi) is 6.05. The maximum atomic E-state index is 12.9. The summed E-state index contributed by atoms with van der Waals surface area (Å²) in [4.78, 5) is 12.0. The average Bonchev–Trinajstić information content (AvgIpc) is 2.67. The van der Waals surface area contributed by atoms with Gasteiger partial charge < -0.3 is 15.4 Å². The lowest BCUT2D eigenvalue weighted by Crippen LogP contribution is -2.20. The maximum absolute atomic E-state index is 12.9. The van der Waals surface area contributed by atoms with E-state index in [0.717, 1.165) is 22.5 Å². The third-order valence-corrected chi connectivity index (χ3v) is 3.94. The molecule has 0 radical (unpaired) electrons. The molecule has 138 valence electrons. The number of benzene rings is 3. The Morgan fingerprint density at radius 3 is 2.41 bits per heavy atom. The molecule has 1 amide bonds. The quantitative estimate of drug-likeness (QED) is 0.635. The van der Waals surface area contributed by atoms with Gasteiger partial charge in [-0.3, -0.25) is 4.79 Å². The van der Waals surface area contributed by atoms with Gasteiger partial charge in [0, 0.05) is 17.9 Å². The van der Waals surface area contributed by atoms with Crippen LogP contribution in [0.5, 0.6) is 5.75 Å². The minimum Gasteiger partial charge on any atom is -0.484 e. The lowest BCUT2D eigenvalue weighted by atomic mass is 10.2. The van der Waals surface area contributed by atoms with Crippen LogP contribution in [-0.4, -0.2) is 12.5 Å². The molecule has 0 fully saturated rings. The predicted octanol–water partition coefficient (Wildman–Crippen LogP) is 4.76. The van der Waals surface area contributed by atoms with Crippen LogP contribution in [0.1, 0.15) is 11.1 Å². The molecule has 0 aliphatic rings. The molecular weight excluding hydrogens is 343 g/mol. The zero-order valence-electron chi connectivity index (χ0n) is 15.0. The number of hydrogen-bond donors (Lipinski definition) is 2. The Hall–Kier alpha value is -3.34. The summed E-state index contributed by atoms with van der Waals surface area (Å²) in [6, 6.07) is 21.3. The summed E-state index contributed by atoms with van der Waals surface area (Å²) in [5.74, 6) is 0.163. The fraction of sp³-hybridized carbons (Fsp3) is 0.136. The van der Waals surface area contributed by atoms with Crippen molar-refractivity contribution in [2.45, 2.75) is 13.5 Å². The van der Waals surface area contributed by atoms with Crippen LogP contribution < -0.4 is 15.4 Å². The highest BCUT2D eigenvalue weighted by Gasteiger charge is 2.04. The van der Waals surface area contributed by atoms with Crippen molar-refractivity contribution in [3.8, 4) is 5.75 Å². The zero-order chi connectivity index (χ0) is 19.1. The van der Waals surface area contributed by atoms with E-state index in [2.05, 4.69) is 10.6 Å². The molecule has 0 spiro atoms. The fourth-order valence-corrected chi connectivity index (χ4v) is 2.54. The first-order valence-corrected chi connectivity index (χ1v) is 8.66. The Morgan fingerprint density at radius 2 is 1.70 bits per heavy atom. The summed E-state index contributed by atoms with van der Waals surface area (Å²) in [6.45, 7) is 2.53. The number of nitrogens with one attached hydrogen (secondary N) is 2. The number of anilines is 2. The molecule has 27 heavy (non-hydrogen) atoms. The van der Waals surface area contributed by atoms with Crippen molar-refractivity contribution in [2.75, 3.05) is 17.2 Å². The summed E-state index contributed by atoms with van der Waals surface area (Å²) in [5, 5.41) is 6.02. The SMILES string of the molecule is Cc1cccc(NC(=O)COc2ccc(CNc3ccc(F)cc3)cc2)c1. The Morgan fingerprint density at radius 1 is 0.963 bits per heavy atom.